The highest BCUT2D eigenvalue weighted by Crippen LogP contribution is 2.27. The third-order valence-corrected chi connectivity index (χ3v) is 3.72. The van der Waals surface area contributed by atoms with E-state index in [1.54, 1.807) is 0 Å². The molecule has 4 heteroatoms. The molecule has 0 aliphatic rings. The Balaban J connectivity index is 1.79. The van der Waals surface area contributed by atoms with Crippen LogP contribution in [-0.4, -0.2) is 16.4 Å². The lowest BCUT2D eigenvalue weighted by Gasteiger charge is -1.93. The maximum absolute atomic E-state index is 4.37. The molecule has 0 saturated carbocycles. The maximum atomic E-state index is 4.37. The number of hydrogen-bond donors (Lipinski definition) is 0. The molecule has 3 aromatic rings. The number of rotatable bonds is 3. The lowest BCUT2D eigenvalue weighted by Crippen LogP contribution is -1.80. The summed E-state index contributed by atoms with van der Waals surface area (Å²) < 4.78 is 0. The number of benzene rings is 2. The van der Waals surface area contributed by atoms with Crippen molar-refractivity contribution in [2.24, 2.45) is 4.99 Å². The second-order valence-corrected chi connectivity index (χ2v) is 5.38. The summed E-state index contributed by atoms with van der Waals surface area (Å²) in [5.74, 6) is 0. The maximum Gasteiger partial charge on any atom is 0.231 e. The predicted molar refractivity (Wildman–Crippen MR) is 83.8 cm³/mol. The zero-order valence-corrected chi connectivity index (χ0v) is 11.8. The minimum absolute atomic E-state index is 0.671. The van der Waals surface area contributed by atoms with E-state index in [0.717, 1.165) is 16.1 Å². The van der Waals surface area contributed by atoms with Crippen molar-refractivity contribution in [3.8, 4) is 10.6 Å². The van der Waals surface area contributed by atoms with Crippen molar-refractivity contribution >= 4 is 22.7 Å². The van der Waals surface area contributed by atoms with Crippen LogP contribution in [0.5, 0.6) is 0 Å². The molecule has 0 N–H and O–H groups in total. The Morgan fingerprint density at radius 1 is 0.950 bits per heavy atom. The van der Waals surface area contributed by atoms with Gasteiger partial charge in [-0.3, -0.25) is 0 Å². The zero-order valence-electron chi connectivity index (χ0n) is 11.0. The summed E-state index contributed by atoms with van der Waals surface area (Å²) in [5, 5.41) is 9.82. The number of aliphatic imine (C=N–C) groups is 1. The third-order valence-electron chi connectivity index (χ3n) is 2.84. The van der Waals surface area contributed by atoms with E-state index >= 15 is 0 Å². The lowest BCUT2D eigenvalue weighted by atomic mass is 10.2. The first kappa shape index (κ1) is 12.7. The average Bonchev–Trinajstić information content (AvgIpc) is 2.97. The van der Waals surface area contributed by atoms with E-state index in [1.807, 2.05) is 48.7 Å². The zero-order chi connectivity index (χ0) is 13.8. The van der Waals surface area contributed by atoms with Crippen LogP contribution in [0, 0.1) is 6.92 Å². The highest BCUT2D eigenvalue weighted by atomic mass is 32.1. The standard InChI is InChI=1S/C16H13N3S/c1-12-7-9-13(10-8-12)11-17-16-19-18-15(20-16)14-5-3-2-4-6-14/h2-11H,1H3/b17-11+. The number of hydrogen-bond acceptors (Lipinski definition) is 4. The highest BCUT2D eigenvalue weighted by molar-refractivity contribution is 7.18. The average molecular weight is 279 g/mol. The Kier molecular flexibility index (Phi) is 3.65. The fourth-order valence-corrected chi connectivity index (χ4v) is 2.44. The predicted octanol–water partition coefficient (Wildman–Crippen LogP) is 4.26. The van der Waals surface area contributed by atoms with Crippen LogP contribution >= 0.6 is 11.3 Å². The van der Waals surface area contributed by atoms with Crippen molar-refractivity contribution in [2.45, 2.75) is 6.92 Å². The number of aryl methyl sites for hydroxylation is 1. The second kappa shape index (κ2) is 5.75. The van der Waals surface area contributed by atoms with Crippen LogP contribution in [0.15, 0.2) is 59.6 Å². The summed E-state index contributed by atoms with van der Waals surface area (Å²) in [6.45, 7) is 2.07. The molecule has 0 amide bonds. The van der Waals surface area contributed by atoms with E-state index in [2.05, 4.69) is 34.2 Å². The summed E-state index contributed by atoms with van der Waals surface area (Å²) >= 11 is 1.49. The SMILES string of the molecule is Cc1ccc(/C=N/c2nnc(-c3ccccc3)s2)cc1. The van der Waals surface area contributed by atoms with Gasteiger partial charge in [-0.25, -0.2) is 4.99 Å². The molecule has 0 radical (unpaired) electrons. The molecule has 0 atom stereocenters. The fourth-order valence-electron chi connectivity index (χ4n) is 1.75. The van der Waals surface area contributed by atoms with Gasteiger partial charge >= 0.3 is 0 Å². The molecule has 3 rings (SSSR count). The molecule has 2 aromatic carbocycles. The van der Waals surface area contributed by atoms with Crippen molar-refractivity contribution in [2.75, 3.05) is 0 Å². The van der Waals surface area contributed by atoms with E-state index in [4.69, 9.17) is 0 Å². The molecule has 98 valence electrons. The molecule has 0 unspecified atom stereocenters. The van der Waals surface area contributed by atoms with Gasteiger partial charge in [0.05, 0.1) is 0 Å². The number of aromatic nitrogens is 2. The summed E-state index contributed by atoms with van der Waals surface area (Å²) in [5.41, 5.74) is 3.37. The van der Waals surface area contributed by atoms with Crippen LogP contribution in [-0.2, 0) is 0 Å². The van der Waals surface area contributed by atoms with E-state index in [1.165, 1.54) is 16.9 Å². The van der Waals surface area contributed by atoms with Crippen molar-refractivity contribution < 1.29 is 0 Å². The van der Waals surface area contributed by atoms with Gasteiger partial charge in [-0.2, -0.15) is 0 Å². The Labute approximate surface area is 121 Å². The Hall–Kier alpha value is -2.33. The van der Waals surface area contributed by atoms with Gasteiger partial charge in [-0.1, -0.05) is 71.5 Å². The Morgan fingerprint density at radius 3 is 2.45 bits per heavy atom. The van der Waals surface area contributed by atoms with Gasteiger partial charge in [-0.15, -0.1) is 10.2 Å². The number of nitrogens with zero attached hydrogens (tertiary/aromatic N) is 3. The van der Waals surface area contributed by atoms with Gasteiger partial charge in [0.2, 0.25) is 5.13 Å². The Bertz CT molecular complexity index is 715. The molecule has 0 fully saturated rings. The van der Waals surface area contributed by atoms with Crippen LogP contribution in [0.2, 0.25) is 0 Å². The molecular weight excluding hydrogens is 266 g/mol. The molecule has 0 aliphatic carbocycles. The van der Waals surface area contributed by atoms with E-state index < -0.39 is 0 Å². The van der Waals surface area contributed by atoms with Crippen molar-refractivity contribution in [3.63, 3.8) is 0 Å². The molecule has 0 bridgehead atoms. The van der Waals surface area contributed by atoms with Gasteiger partial charge in [0, 0.05) is 11.8 Å². The first-order valence-electron chi connectivity index (χ1n) is 6.31. The topological polar surface area (TPSA) is 38.1 Å². The first-order valence-corrected chi connectivity index (χ1v) is 7.12. The van der Waals surface area contributed by atoms with E-state index in [0.29, 0.717) is 5.13 Å². The molecular formula is C16H13N3S. The second-order valence-electron chi connectivity index (χ2n) is 4.42. The van der Waals surface area contributed by atoms with Gasteiger partial charge in [0.25, 0.3) is 0 Å². The van der Waals surface area contributed by atoms with Crippen LogP contribution in [0.25, 0.3) is 10.6 Å². The molecule has 1 heterocycles. The summed E-state index contributed by atoms with van der Waals surface area (Å²) in [6.07, 6.45) is 1.81. The quantitative estimate of drug-likeness (QED) is 0.672. The molecule has 1 aromatic heterocycles. The minimum Gasteiger partial charge on any atom is -0.226 e. The first-order chi connectivity index (χ1) is 9.81. The van der Waals surface area contributed by atoms with Gasteiger partial charge in [0.15, 0.2) is 0 Å². The van der Waals surface area contributed by atoms with Crippen LogP contribution in [0.4, 0.5) is 5.13 Å². The van der Waals surface area contributed by atoms with Crippen LogP contribution < -0.4 is 0 Å². The van der Waals surface area contributed by atoms with E-state index in [-0.39, 0.29) is 0 Å². The van der Waals surface area contributed by atoms with Crippen LogP contribution in [0.3, 0.4) is 0 Å². The van der Waals surface area contributed by atoms with Crippen molar-refractivity contribution in [3.05, 3.63) is 65.7 Å². The molecule has 3 nitrogen and oxygen atoms in total. The normalized spacial score (nSPS) is 11.1. The third kappa shape index (κ3) is 2.97. The summed E-state index contributed by atoms with van der Waals surface area (Å²) in [6, 6.07) is 18.2. The summed E-state index contributed by atoms with van der Waals surface area (Å²) in [4.78, 5) is 4.37. The molecule has 0 spiro atoms. The smallest absolute Gasteiger partial charge is 0.226 e. The molecule has 0 saturated heterocycles. The van der Waals surface area contributed by atoms with Crippen LogP contribution in [0.1, 0.15) is 11.1 Å². The largest absolute Gasteiger partial charge is 0.231 e. The molecule has 0 aliphatic heterocycles. The summed E-state index contributed by atoms with van der Waals surface area (Å²) in [7, 11) is 0. The molecule has 20 heavy (non-hydrogen) atoms. The van der Waals surface area contributed by atoms with Gasteiger partial charge < -0.3 is 0 Å². The monoisotopic (exact) mass is 279 g/mol. The lowest BCUT2D eigenvalue weighted by molar-refractivity contribution is 1.09. The van der Waals surface area contributed by atoms with Gasteiger partial charge in [0.1, 0.15) is 5.01 Å². The fraction of sp³-hybridized carbons (Fsp3) is 0.0625. The van der Waals surface area contributed by atoms with Crippen molar-refractivity contribution in [1.82, 2.24) is 10.2 Å². The van der Waals surface area contributed by atoms with E-state index in [9.17, 15) is 0 Å². The minimum atomic E-state index is 0.671. The highest BCUT2D eigenvalue weighted by Gasteiger charge is 2.04. The Morgan fingerprint density at radius 2 is 1.70 bits per heavy atom. The van der Waals surface area contributed by atoms with Crippen molar-refractivity contribution in [1.29, 1.82) is 0 Å². The van der Waals surface area contributed by atoms with Gasteiger partial charge in [-0.05, 0) is 12.5 Å².